The molecule has 0 spiro atoms. The van der Waals surface area contributed by atoms with Gasteiger partial charge >= 0.3 is 0 Å². The molecule has 0 heterocycles. The summed E-state index contributed by atoms with van der Waals surface area (Å²) in [6.07, 6.45) is 6.09. The second kappa shape index (κ2) is 5.89. The van der Waals surface area contributed by atoms with Gasteiger partial charge in [-0.05, 0) is 25.0 Å². The average molecular weight is 246 g/mol. The zero-order valence-electron chi connectivity index (χ0n) is 11.3. The van der Waals surface area contributed by atoms with Crippen LogP contribution in [0, 0.1) is 0 Å². The van der Waals surface area contributed by atoms with E-state index in [0.29, 0.717) is 6.04 Å². The van der Waals surface area contributed by atoms with Crippen molar-refractivity contribution in [1.29, 1.82) is 0 Å². The molecule has 1 aliphatic rings. The number of rotatable bonds is 3. The van der Waals surface area contributed by atoms with Crippen LogP contribution in [0.2, 0.25) is 0 Å². The summed E-state index contributed by atoms with van der Waals surface area (Å²) >= 11 is 0. The van der Waals surface area contributed by atoms with E-state index in [9.17, 15) is 4.79 Å². The summed E-state index contributed by atoms with van der Waals surface area (Å²) in [7, 11) is 3.79. The Kier molecular flexibility index (Phi) is 4.24. The fourth-order valence-electron chi connectivity index (χ4n) is 2.71. The first-order chi connectivity index (χ1) is 8.74. The van der Waals surface area contributed by atoms with Crippen LogP contribution in [0.5, 0.6) is 0 Å². The van der Waals surface area contributed by atoms with E-state index < -0.39 is 0 Å². The van der Waals surface area contributed by atoms with E-state index in [1.807, 2.05) is 43.3 Å². The van der Waals surface area contributed by atoms with Crippen LogP contribution in [-0.4, -0.2) is 30.9 Å². The summed E-state index contributed by atoms with van der Waals surface area (Å²) in [5, 5.41) is 3.09. The van der Waals surface area contributed by atoms with Gasteiger partial charge in [-0.2, -0.15) is 0 Å². The SMILES string of the molecule is CNc1ccccc1C(=O)N(C)C1CCCCC1. The van der Waals surface area contributed by atoms with Crippen molar-refractivity contribution in [1.82, 2.24) is 4.90 Å². The van der Waals surface area contributed by atoms with Gasteiger partial charge in [0.25, 0.3) is 5.91 Å². The van der Waals surface area contributed by atoms with Crippen LogP contribution in [0.15, 0.2) is 24.3 Å². The lowest BCUT2D eigenvalue weighted by Gasteiger charge is -2.31. The molecule has 1 aromatic rings. The third-order valence-corrected chi connectivity index (χ3v) is 3.87. The molecule has 2 rings (SSSR count). The Hall–Kier alpha value is -1.51. The maximum absolute atomic E-state index is 12.5. The minimum absolute atomic E-state index is 0.131. The second-order valence-corrected chi connectivity index (χ2v) is 5.00. The van der Waals surface area contributed by atoms with E-state index in [1.54, 1.807) is 0 Å². The lowest BCUT2D eigenvalue weighted by Crippen LogP contribution is -2.38. The molecule has 3 heteroatoms. The van der Waals surface area contributed by atoms with Gasteiger partial charge in [-0.1, -0.05) is 31.4 Å². The summed E-state index contributed by atoms with van der Waals surface area (Å²) in [6, 6.07) is 8.12. The fraction of sp³-hybridized carbons (Fsp3) is 0.533. The van der Waals surface area contributed by atoms with Crippen molar-refractivity contribution in [3.05, 3.63) is 29.8 Å². The number of anilines is 1. The van der Waals surface area contributed by atoms with Crippen LogP contribution in [0.3, 0.4) is 0 Å². The lowest BCUT2D eigenvalue weighted by molar-refractivity contribution is 0.0697. The normalized spacial score (nSPS) is 16.3. The molecular formula is C15H22N2O. The van der Waals surface area contributed by atoms with Crippen molar-refractivity contribution in [2.45, 2.75) is 38.1 Å². The molecule has 1 aromatic carbocycles. The number of amides is 1. The molecule has 1 N–H and O–H groups in total. The van der Waals surface area contributed by atoms with Crippen LogP contribution in [0.4, 0.5) is 5.69 Å². The Bertz CT molecular complexity index is 411. The van der Waals surface area contributed by atoms with E-state index >= 15 is 0 Å². The molecule has 0 unspecified atom stereocenters. The summed E-state index contributed by atoms with van der Waals surface area (Å²) < 4.78 is 0. The molecule has 1 aliphatic carbocycles. The molecule has 0 aliphatic heterocycles. The number of carbonyl (C=O) groups excluding carboxylic acids is 1. The van der Waals surface area contributed by atoms with Crippen molar-refractivity contribution in [3.63, 3.8) is 0 Å². The predicted octanol–water partition coefficient (Wildman–Crippen LogP) is 3.13. The topological polar surface area (TPSA) is 32.3 Å². The molecule has 1 saturated carbocycles. The molecule has 98 valence electrons. The summed E-state index contributed by atoms with van der Waals surface area (Å²) in [5.74, 6) is 0.131. The highest BCUT2D eigenvalue weighted by molar-refractivity contribution is 5.99. The largest absolute Gasteiger partial charge is 0.387 e. The molecule has 1 fully saturated rings. The Balaban J connectivity index is 2.14. The first-order valence-electron chi connectivity index (χ1n) is 6.78. The van der Waals surface area contributed by atoms with Gasteiger partial charge in [-0.3, -0.25) is 4.79 Å². The number of hydrogen-bond donors (Lipinski definition) is 1. The number of nitrogens with one attached hydrogen (secondary N) is 1. The van der Waals surface area contributed by atoms with Crippen molar-refractivity contribution >= 4 is 11.6 Å². The molecule has 0 aromatic heterocycles. The number of benzene rings is 1. The molecule has 0 atom stereocenters. The monoisotopic (exact) mass is 246 g/mol. The zero-order chi connectivity index (χ0) is 13.0. The average Bonchev–Trinajstić information content (AvgIpc) is 2.46. The molecule has 1 amide bonds. The Morgan fingerprint density at radius 1 is 1.22 bits per heavy atom. The third kappa shape index (κ3) is 2.66. The molecule has 0 radical (unpaired) electrons. The van der Waals surface area contributed by atoms with Crippen LogP contribution < -0.4 is 5.32 Å². The van der Waals surface area contributed by atoms with Crippen molar-refractivity contribution in [2.75, 3.05) is 19.4 Å². The minimum atomic E-state index is 0.131. The maximum atomic E-state index is 12.5. The van der Waals surface area contributed by atoms with Crippen molar-refractivity contribution in [2.24, 2.45) is 0 Å². The number of carbonyl (C=O) groups is 1. The highest BCUT2D eigenvalue weighted by Crippen LogP contribution is 2.24. The highest BCUT2D eigenvalue weighted by atomic mass is 16.2. The lowest BCUT2D eigenvalue weighted by atomic mass is 9.94. The highest BCUT2D eigenvalue weighted by Gasteiger charge is 2.24. The minimum Gasteiger partial charge on any atom is -0.387 e. The molecule has 3 nitrogen and oxygen atoms in total. The van der Waals surface area contributed by atoms with Crippen LogP contribution in [0.1, 0.15) is 42.5 Å². The van der Waals surface area contributed by atoms with Gasteiger partial charge in [-0.25, -0.2) is 0 Å². The van der Waals surface area contributed by atoms with Crippen molar-refractivity contribution < 1.29 is 4.79 Å². The van der Waals surface area contributed by atoms with Crippen LogP contribution >= 0.6 is 0 Å². The third-order valence-electron chi connectivity index (χ3n) is 3.87. The quantitative estimate of drug-likeness (QED) is 0.888. The number of para-hydroxylation sites is 1. The van der Waals surface area contributed by atoms with Gasteiger partial charge in [0.2, 0.25) is 0 Å². The van der Waals surface area contributed by atoms with Gasteiger partial charge in [0.05, 0.1) is 5.56 Å². The maximum Gasteiger partial charge on any atom is 0.255 e. The first-order valence-corrected chi connectivity index (χ1v) is 6.78. The van der Waals surface area contributed by atoms with Crippen LogP contribution in [-0.2, 0) is 0 Å². The van der Waals surface area contributed by atoms with Gasteiger partial charge < -0.3 is 10.2 Å². The number of hydrogen-bond acceptors (Lipinski definition) is 2. The zero-order valence-corrected chi connectivity index (χ0v) is 11.3. The summed E-state index contributed by atoms with van der Waals surface area (Å²) in [4.78, 5) is 14.4. The molecule has 0 saturated heterocycles. The standard InChI is InChI=1S/C15H22N2O/c1-16-14-11-7-6-10-13(14)15(18)17(2)12-8-4-3-5-9-12/h6-7,10-12,16H,3-5,8-9H2,1-2H3. The molecule has 0 bridgehead atoms. The van der Waals surface area contributed by atoms with Gasteiger partial charge in [0.15, 0.2) is 0 Å². The Morgan fingerprint density at radius 2 is 1.89 bits per heavy atom. The van der Waals surface area contributed by atoms with E-state index in [-0.39, 0.29) is 5.91 Å². The molecular weight excluding hydrogens is 224 g/mol. The van der Waals surface area contributed by atoms with Crippen LogP contribution in [0.25, 0.3) is 0 Å². The van der Waals surface area contributed by atoms with E-state index in [4.69, 9.17) is 0 Å². The predicted molar refractivity (Wildman–Crippen MR) is 75.0 cm³/mol. The van der Waals surface area contributed by atoms with E-state index in [0.717, 1.165) is 24.1 Å². The van der Waals surface area contributed by atoms with Crippen molar-refractivity contribution in [3.8, 4) is 0 Å². The van der Waals surface area contributed by atoms with Gasteiger partial charge in [-0.15, -0.1) is 0 Å². The van der Waals surface area contributed by atoms with E-state index in [1.165, 1.54) is 19.3 Å². The Labute approximate surface area is 109 Å². The molecule has 18 heavy (non-hydrogen) atoms. The van der Waals surface area contributed by atoms with Gasteiger partial charge in [0.1, 0.15) is 0 Å². The number of nitrogens with zero attached hydrogens (tertiary/aromatic N) is 1. The Morgan fingerprint density at radius 3 is 2.56 bits per heavy atom. The summed E-state index contributed by atoms with van der Waals surface area (Å²) in [6.45, 7) is 0. The summed E-state index contributed by atoms with van der Waals surface area (Å²) in [5.41, 5.74) is 1.68. The second-order valence-electron chi connectivity index (χ2n) is 5.00. The first kappa shape index (κ1) is 12.9. The van der Waals surface area contributed by atoms with Gasteiger partial charge in [0, 0.05) is 25.8 Å². The van der Waals surface area contributed by atoms with E-state index in [2.05, 4.69) is 5.32 Å². The smallest absolute Gasteiger partial charge is 0.255 e. The fourth-order valence-corrected chi connectivity index (χ4v) is 2.71.